The van der Waals surface area contributed by atoms with Crippen LogP contribution in [0.2, 0.25) is 0 Å². The van der Waals surface area contributed by atoms with Crippen molar-refractivity contribution in [2.24, 2.45) is 5.73 Å². The summed E-state index contributed by atoms with van der Waals surface area (Å²) in [6, 6.07) is 5.78. The van der Waals surface area contributed by atoms with E-state index in [2.05, 4.69) is 0 Å². The molecule has 0 bridgehead atoms. The van der Waals surface area contributed by atoms with Crippen LogP contribution in [-0.4, -0.2) is 25.8 Å². The van der Waals surface area contributed by atoms with Crippen LogP contribution in [0.5, 0.6) is 0 Å². The second-order valence-corrected chi connectivity index (χ2v) is 5.08. The highest BCUT2D eigenvalue weighted by Crippen LogP contribution is 2.23. The third-order valence-electron chi connectivity index (χ3n) is 3.04. The highest BCUT2D eigenvalue weighted by Gasteiger charge is 2.27. The normalized spacial score (nSPS) is 13.4. The molecule has 1 rings (SSSR count). The Bertz CT molecular complexity index is 414. The molecule has 0 amide bonds. The zero-order chi connectivity index (χ0) is 14.6. The lowest BCUT2D eigenvalue weighted by molar-refractivity contribution is -0.132. The molecular formula is C14H21F3N2. The molecule has 0 aliphatic carbocycles. The predicted molar refractivity (Wildman–Crippen MR) is 72.5 cm³/mol. The van der Waals surface area contributed by atoms with Gasteiger partial charge in [-0.2, -0.15) is 13.2 Å². The van der Waals surface area contributed by atoms with Crippen LogP contribution in [0.3, 0.4) is 0 Å². The van der Waals surface area contributed by atoms with Crippen molar-refractivity contribution in [3.63, 3.8) is 0 Å². The zero-order valence-electron chi connectivity index (χ0n) is 11.6. The first kappa shape index (κ1) is 15.8. The Hall–Kier alpha value is -1.23. The molecule has 0 heterocycles. The summed E-state index contributed by atoms with van der Waals surface area (Å²) in [5.41, 5.74) is 8.76. The minimum absolute atomic E-state index is 0.0322. The van der Waals surface area contributed by atoms with E-state index in [4.69, 9.17) is 5.73 Å². The molecule has 1 aromatic rings. The first-order valence-corrected chi connectivity index (χ1v) is 6.32. The first-order chi connectivity index (χ1) is 8.69. The SMILES string of the molecule is Cc1cc(N(C)CCC(F)(F)F)ccc1CC(C)N. The van der Waals surface area contributed by atoms with E-state index < -0.39 is 12.6 Å². The number of hydrogen-bond donors (Lipinski definition) is 1. The molecule has 0 saturated carbocycles. The number of nitrogens with two attached hydrogens (primary N) is 1. The fraction of sp³-hybridized carbons (Fsp3) is 0.571. The van der Waals surface area contributed by atoms with E-state index in [-0.39, 0.29) is 12.6 Å². The highest BCUT2D eigenvalue weighted by molar-refractivity contribution is 5.50. The van der Waals surface area contributed by atoms with Crippen molar-refractivity contribution in [2.45, 2.75) is 38.9 Å². The van der Waals surface area contributed by atoms with Crippen molar-refractivity contribution >= 4 is 5.69 Å². The molecule has 0 aliphatic heterocycles. The van der Waals surface area contributed by atoms with Crippen LogP contribution in [0, 0.1) is 6.92 Å². The molecule has 5 heteroatoms. The summed E-state index contributed by atoms with van der Waals surface area (Å²) in [7, 11) is 1.67. The van der Waals surface area contributed by atoms with Crippen molar-refractivity contribution in [1.82, 2.24) is 0 Å². The van der Waals surface area contributed by atoms with Gasteiger partial charge in [0.15, 0.2) is 0 Å². The van der Waals surface area contributed by atoms with Gasteiger partial charge in [-0.3, -0.25) is 0 Å². The van der Waals surface area contributed by atoms with E-state index in [9.17, 15) is 13.2 Å². The Morgan fingerprint density at radius 1 is 1.32 bits per heavy atom. The molecular weight excluding hydrogens is 253 g/mol. The van der Waals surface area contributed by atoms with E-state index in [0.29, 0.717) is 0 Å². The number of nitrogens with zero attached hydrogens (tertiary/aromatic N) is 1. The van der Waals surface area contributed by atoms with Crippen LogP contribution in [0.15, 0.2) is 18.2 Å². The van der Waals surface area contributed by atoms with E-state index >= 15 is 0 Å². The van der Waals surface area contributed by atoms with Crippen LogP contribution in [0.4, 0.5) is 18.9 Å². The molecule has 0 spiro atoms. The van der Waals surface area contributed by atoms with Crippen LogP contribution >= 0.6 is 0 Å². The Morgan fingerprint density at radius 2 is 1.95 bits per heavy atom. The van der Waals surface area contributed by atoms with Gasteiger partial charge in [0, 0.05) is 25.3 Å². The third kappa shape index (κ3) is 5.51. The molecule has 2 nitrogen and oxygen atoms in total. The molecule has 0 radical (unpaired) electrons. The van der Waals surface area contributed by atoms with E-state index in [1.807, 2.05) is 32.0 Å². The van der Waals surface area contributed by atoms with E-state index in [1.54, 1.807) is 11.9 Å². The van der Waals surface area contributed by atoms with E-state index in [1.165, 1.54) is 0 Å². The lowest BCUT2D eigenvalue weighted by Crippen LogP contribution is -2.24. The summed E-state index contributed by atoms with van der Waals surface area (Å²) in [5, 5.41) is 0. The summed E-state index contributed by atoms with van der Waals surface area (Å²) in [5.74, 6) is 0. The smallest absolute Gasteiger partial charge is 0.374 e. The quantitative estimate of drug-likeness (QED) is 0.893. The maximum Gasteiger partial charge on any atom is 0.390 e. The summed E-state index contributed by atoms with van der Waals surface area (Å²) in [6.45, 7) is 3.86. The van der Waals surface area contributed by atoms with Gasteiger partial charge in [0.25, 0.3) is 0 Å². The largest absolute Gasteiger partial charge is 0.390 e. The van der Waals surface area contributed by atoms with Gasteiger partial charge in [-0.15, -0.1) is 0 Å². The van der Waals surface area contributed by atoms with Crippen molar-refractivity contribution in [1.29, 1.82) is 0 Å². The molecule has 2 N–H and O–H groups in total. The average Bonchev–Trinajstić information content (AvgIpc) is 2.27. The lowest BCUT2D eigenvalue weighted by Gasteiger charge is -2.21. The molecule has 1 atom stereocenters. The number of halogens is 3. The fourth-order valence-corrected chi connectivity index (χ4v) is 1.92. The Kier molecular flexibility index (Phi) is 5.23. The molecule has 0 aliphatic rings. The summed E-state index contributed by atoms with van der Waals surface area (Å²) in [6.07, 6.45) is -4.14. The number of hydrogen-bond acceptors (Lipinski definition) is 2. The van der Waals surface area contributed by atoms with Gasteiger partial charge in [0.2, 0.25) is 0 Å². The number of benzene rings is 1. The maximum absolute atomic E-state index is 12.2. The standard InChI is InChI=1S/C14H21F3N2/c1-10-8-13(5-4-12(10)9-11(2)18)19(3)7-6-14(15,16)17/h4-5,8,11H,6-7,9,18H2,1-3H3. The van der Waals surface area contributed by atoms with Gasteiger partial charge in [-0.1, -0.05) is 6.07 Å². The maximum atomic E-state index is 12.2. The highest BCUT2D eigenvalue weighted by atomic mass is 19.4. The van der Waals surface area contributed by atoms with Crippen molar-refractivity contribution < 1.29 is 13.2 Å². The van der Waals surface area contributed by atoms with Gasteiger partial charge in [-0.05, 0) is 43.5 Å². The monoisotopic (exact) mass is 274 g/mol. The fourth-order valence-electron chi connectivity index (χ4n) is 1.92. The lowest BCUT2D eigenvalue weighted by atomic mass is 10.0. The molecule has 0 aromatic heterocycles. The van der Waals surface area contributed by atoms with Crippen molar-refractivity contribution in [2.75, 3.05) is 18.5 Å². The van der Waals surface area contributed by atoms with Gasteiger partial charge in [0.1, 0.15) is 0 Å². The average molecular weight is 274 g/mol. The van der Waals surface area contributed by atoms with Gasteiger partial charge >= 0.3 is 6.18 Å². The summed E-state index contributed by atoms with van der Waals surface area (Å²) >= 11 is 0. The summed E-state index contributed by atoms with van der Waals surface area (Å²) in [4.78, 5) is 1.62. The van der Waals surface area contributed by atoms with Crippen LogP contribution < -0.4 is 10.6 Å². The topological polar surface area (TPSA) is 29.3 Å². The molecule has 1 aromatic carbocycles. The molecule has 108 valence electrons. The molecule has 1 unspecified atom stereocenters. The first-order valence-electron chi connectivity index (χ1n) is 6.32. The molecule has 19 heavy (non-hydrogen) atoms. The minimum Gasteiger partial charge on any atom is -0.374 e. The van der Waals surface area contributed by atoms with Gasteiger partial charge < -0.3 is 10.6 Å². The van der Waals surface area contributed by atoms with Crippen LogP contribution in [0.25, 0.3) is 0 Å². The Balaban J connectivity index is 2.71. The second kappa shape index (κ2) is 6.28. The number of anilines is 1. The second-order valence-electron chi connectivity index (χ2n) is 5.08. The van der Waals surface area contributed by atoms with Gasteiger partial charge in [-0.25, -0.2) is 0 Å². The predicted octanol–water partition coefficient (Wildman–Crippen LogP) is 3.27. The van der Waals surface area contributed by atoms with Gasteiger partial charge in [0.05, 0.1) is 6.42 Å². The zero-order valence-corrected chi connectivity index (χ0v) is 11.6. The van der Waals surface area contributed by atoms with Crippen LogP contribution in [-0.2, 0) is 6.42 Å². The summed E-state index contributed by atoms with van der Waals surface area (Å²) < 4.78 is 36.5. The Labute approximate surface area is 112 Å². The minimum atomic E-state index is -4.11. The van der Waals surface area contributed by atoms with Crippen molar-refractivity contribution in [3.8, 4) is 0 Å². The van der Waals surface area contributed by atoms with E-state index in [0.717, 1.165) is 23.2 Å². The third-order valence-corrected chi connectivity index (χ3v) is 3.04. The molecule has 0 saturated heterocycles. The number of aryl methyl sites for hydroxylation is 1. The van der Waals surface area contributed by atoms with Crippen LogP contribution in [0.1, 0.15) is 24.5 Å². The molecule has 0 fully saturated rings. The van der Waals surface area contributed by atoms with Crippen molar-refractivity contribution in [3.05, 3.63) is 29.3 Å². The number of rotatable bonds is 5. The Morgan fingerprint density at radius 3 is 2.42 bits per heavy atom. The number of alkyl halides is 3.